The molecule has 0 unspecified atom stereocenters. The van der Waals surface area contributed by atoms with Crippen LogP contribution in [-0.2, 0) is 22.6 Å². The molecule has 0 heterocycles. The first kappa shape index (κ1) is 27.5. The second-order valence-corrected chi connectivity index (χ2v) is 10.0. The van der Waals surface area contributed by atoms with Gasteiger partial charge in [0.15, 0.2) is 6.61 Å². The highest BCUT2D eigenvalue weighted by atomic mass is 79.9. The van der Waals surface area contributed by atoms with Crippen LogP contribution in [0, 0.1) is 6.92 Å². The standard InChI is InChI=1S/C30H35BrN2O3/c1-5-32-30(35)27(17-23-12-7-6-8-13-23)33(19-25-14-10-9-11-22(25)4)29(34)20-36-28-16-15-24(21(2)3)18-26(28)31/h6-16,18,21,27H,5,17,19-20H2,1-4H3,(H,32,35)/t27-/m1/s1. The van der Waals surface area contributed by atoms with Gasteiger partial charge in [-0.15, -0.1) is 0 Å². The molecule has 36 heavy (non-hydrogen) atoms. The number of carbonyl (C=O) groups is 2. The Balaban J connectivity index is 1.89. The lowest BCUT2D eigenvalue weighted by Crippen LogP contribution is -2.51. The largest absolute Gasteiger partial charge is 0.483 e. The van der Waals surface area contributed by atoms with Crippen molar-refractivity contribution >= 4 is 27.7 Å². The molecule has 3 aromatic carbocycles. The molecule has 0 saturated carbocycles. The molecule has 0 bridgehead atoms. The summed E-state index contributed by atoms with van der Waals surface area (Å²) in [6.45, 7) is 8.79. The monoisotopic (exact) mass is 550 g/mol. The van der Waals surface area contributed by atoms with E-state index in [1.165, 1.54) is 5.56 Å². The number of likely N-dealkylation sites (N-methyl/N-ethyl adjacent to an activating group) is 1. The lowest BCUT2D eigenvalue weighted by atomic mass is 10.0. The van der Waals surface area contributed by atoms with Gasteiger partial charge in [-0.25, -0.2) is 0 Å². The van der Waals surface area contributed by atoms with Crippen molar-refractivity contribution in [3.8, 4) is 5.75 Å². The Hall–Kier alpha value is -3.12. The fourth-order valence-corrected chi connectivity index (χ4v) is 4.54. The van der Waals surface area contributed by atoms with Gasteiger partial charge in [-0.2, -0.15) is 0 Å². The second-order valence-electron chi connectivity index (χ2n) is 9.18. The van der Waals surface area contributed by atoms with Crippen molar-refractivity contribution in [3.63, 3.8) is 0 Å². The summed E-state index contributed by atoms with van der Waals surface area (Å²) in [4.78, 5) is 28.6. The zero-order chi connectivity index (χ0) is 26.1. The van der Waals surface area contributed by atoms with E-state index in [2.05, 4.69) is 35.1 Å². The van der Waals surface area contributed by atoms with Gasteiger partial charge in [0, 0.05) is 19.5 Å². The number of nitrogens with one attached hydrogen (secondary N) is 1. The molecule has 5 nitrogen and oxygen atoms in total. The van der Waals surface area contributed by atoms with Crippen LogP contribution in [0.25, 0.3) is 0 Å². The quantitative estimate of drug-likeness (QED) is 0.316. The summed E-state index contributed by atoms with van der Waals surface area (Å²) in [5.41, 5.74) is 4.23. The van der Waals surface area contributed by atoms with Crippen LogP contribution >= 0.6 is 15.9 Å². The zero-order valence-corrected chi connectivity index (χ0v) is 23.0. The maximum Gasteiger partial charge on any atom is 0.261 e. The van der Waals surface area contributed by atoms with Crippen LogP contribution < -0.4 is 10.1 Å². The van der Waals surface area contributed by atoms with Gasteiger partial charge in [0.2, 0.25) is 5.91 Å². The van der Waals surface area contributed by atoms with E-state index in [0.29, 0.717) is 31.2 Å². The summed E-state index contributed by atoms with van der Waals surface area (Å²) in [5.74, 6) is 0.564. The molecule has 0 aliphatic carbocycles. The summed E-state index contributed by atoms with van der Waals surface area (Å²) in [6.07, 6.45) is 0.414. The number of benzene rings is 3. The molecule has 0 spiro atoms. The van der Waals surface area contributed by atoms with Crippen LogP contribution in [0.4, 0.5) is 0 Å². The van der Waals surface area contributed by atoms with E-state index in [0.717, 1.165) is 21.2 Å². The molecular weight excluding hydrogens is 516 g/mol. The van der Waals surface area contributed by atoms with Crippen LogP contribution in [0.3, 0.4) is 0 Å². The molecule has 3 rings (SSSR count). The number of hydrogen-bond donors (Lipinski definition) is 1. The number of ether oxygens (including phenoxy) is 1. The molecule has 190 valence electrons. The number of hydrogen-bond acceptors (Lipinski definition) is 3. The minimum absolute atomic E-state index is 0.170. The molecule has 0 saturated heterocycles. The van der Waals surface area contributed by atoms with Crippen LogP contribution in [0.2, 0.25) is 0 Å². The minimum atomic E-state index is -0.671. The Kier molecular flexibility index (Phi) is 10.1. The third-order valence-electron chi connectivity index (χ3n) is 6.20. The second kappa shape index (κ2) is 13.3. The fraction of sp³-hybridized carbons (Fsp3) is 0.333. The van der Waals surface area contributed by atoms with Crippen molar-refractivity contribution in [1.29, 1.82) is 0 Å². The number of aryl methyl sites for hydroxylation is 1. The Bertz CT molecular complexity index is 1160. The average molecular weight is 552 g/mol. The van der Waals surface area contributed by atoms with Crippen LogP contribution in [0.5, 0.6) is 5.75 Å². The predicted molar refractivity (Wildman–Crippen MR) is 148 cm³/mol. The summed E-state index contributed by atoms with van der Waals surface area (Å²) in [6, 6.07) is 22.9. The first-order valence-electron chi connectivity index (χ1n) is 12.4. The molecule has 0 aliphatic rings. The van der Waals surface area contributed by atoms with E-state index in [1.807, 2.05) is 86.6 Å². The number of nitrogens with zero attached hydrogens (tertiary/aromatic N) is 1. The SMILES string of the molecule is CCNC(=O)[C@@H](Cc1ccccc1)N(Cc1ccccc1C)C(=O)COc1ccc(C(C)C)cc1Br. The molecule has 3 aromatic rings. The van der Waals surface area contributed by atoms with E-state index >= 15 is 0 Å². The highest BCUT2D eigenvalue weighted by Gasteiger charge is 2.30. The van der Waals surface area contributed by atoms with Crippen molar-refractivity contribution in [2.45, 2.75) is 52.6 Å². The van der Waals surface area contributed by atoms with Gasteiger partial charge in [-0.05, 0) is 70.1 Å². The van der Waals surface area contributed by atoms with Crippen LogP contribution in [0.15, 0.2) is 77.3 Å². The molecular formula is C30H35BrN2O3. The van der Waals surface area contributed by atoms with E-state index < -0.39 is 6.04 Å². The number of halogens is 1. The van der Waals surface area contributed by atoms with Gasteiger partial charge in [0.05, 0.1) is 4.47 Å². The summed E-state index contributed by atoms with van der Waals surface area (Å²) < 4.78 is 6.75. The van der Waals surface area contributed by atoms with Gasteiger partial charge in [-0.1, -0.05) is 74.5 Å². The lowest BCUT2D eigenvalue weighted by molar-refractivity contribution is -0.142. The van der Waals surface area contributed by atoms with Crippen molar-refractivity contribution in [3.05, 3.63) is 99.5 Å². The lowest BCUT2D eigenvalue weighted by Gasteiger charge is -2.32. The average Bonchev–Trinajstić information content (AvgIpc) is 2.87. The van der Waals surface area contributed by atoms with E-state index in [9.17, 15) is 9.59 Å². The Morgan fingerprint density at radius 2 is 1.69 bits per heavy atom. The van der Waals surface area contributed by atoms with E-state index in [1.54, 1.807) is 4.90 Å². The smallest absolute Gasteiger partial charge is 0.261 e. The molecule has 0 aliphatic heterocycles. The van der Waals surface area contributed by atoms with Crippen molar-refractivity contribution < 1.29 is 14.3 Å². The van der Waals surface area contributed by atoms with Gasteiger partial charge in [-0.3, -0.25) is 9.59 Å². The molecule has 0 radical (unpaired) electrons. The molecule has 1 atom stereocenters. The van der Waals surface area contributed by atoms with Gasteiger partial charge < -0.3 is 15.0 Å². The molecule has 2 amide bonds. The number of carbonyl (C=O) groups excluding carboxylic acids is 2. The van der Waals surface area contributed by atoms with Gasteiger partial charge in [0.25, 0.3) is 5.91 Å². The van der Waals surface area contributed by atoms with Crippen LogP contribution in [-0.4, -0.2) is 35.9 Å². The maximum atomic E-state index is 13.7. The normalized spacial score (nSPS) is 11.7. The summed E-state index contributed by atoms with van der Waals surface area (Å²) in [7, 11) is 0. The Morgan fingerprint density at radius 1 is 1.00 bits per heavy atom. The van der Waals surface area contributed by atoms with Crippen molar-refractivity contribution in [2.75, 3.05) is 13.2 Å². The first-order chi connectivity index (χ1) is 17.3. The molecule has 0 aromatic heterocycles. The Morgan fingerprint density at radius 3 is 2.33 bits per heavy atom. The predicted octanol–water partition coefficient (Wildman–Crippen LogP) is 6.04. The summed E-state index contributed by atoms with van der Waals surface area (Å²) in [5, 5.41) is 2.92. The molecule has 0 fully saturated rings. The number of rotatable bonds is 11. The first-order valence-corrected chi connectivity index (χ1v) is 13.2. The van der Waals surface area contributed by atoms with Gasteiger partial charge >= 0.3 is 0 Å². The fourth-order valence-electron chi connectivity index (χ4n) is 4.03. The third kappa shape index (κ3) is 7.44. The van der Waals surface area contributed by atoms with Crippen molar-refractivity contribution in [2.24, 2.45) is 0 Å². The topological polar surface area (TPSA) is 58.6 Å². The van der Waals surface area contributed by atoms with Gasteiger partial charge in [0.1, 0.15) is 11.8 Å². The summed E-state index contributed by atoms with van der Waals surface area (Å²) >= 11 is 3.57. The van der Waals surface area contributed by atoms with E-state index in [-0.39, 0.29) is 18.4 Å². The zero-order valence-electron chi connectivity index (χ0n) is 21.5. The maximum absolute atomic E-state index is 13.7. The third-order valence-corrected chi connectivity index (χ3v) is 6.82. The Labute approximate surface area is 223 Å². The highest BCUT2D eigenvalue weighted by Crippen LogP contribution is 2.29. The van der Waals surface area contributed by atoms with E-state index in [4.69, 9.17) is 4.74 Å². The number of amides is 2. The minimum Gasteiger partial charge on any atom is -0.483 e. The van der Waals surface area contributed by atoms with Crippen LogP contribution in [0.1, 0.15) is 48.9 Å². The molecule has 6 heteroatoms. The highest BCUT2D eigenvalue weighted by molar-refractivity contribution is 9.10. The van der Waals surface area contributed by atoms with Crippen molar-refractivity contribution in [1.82, 2.24) is 10.2 Å². The molecule has 1 N–H and O–H groups in total.